The first kappa shape index (κ1) is 12.5. The Hall–Kier alpha value is -2.56. The largest absolute Gasteiger partial charge is 0.398 e. The summed E-state index contributed by atoms with van der Waals surface area (Å²) in [5.41, 5.74) is 7.90. The van der Waals surface area contributed by atoms with Crippen LogP contribution in [0.2, 0.25) is 0 Å². The molecular formula is C15H17N5. The second kappa shape index (κ2) is 5.21. The summed E-state index contributed by atoms with van der Waals surface area (Å²) in [4.78, 5) is 8.78. The highest BCUT2D eigenvalue weighted by Gasteiger charge is 2.08. The Morgan fingerprint density at radius 1 is 1.05 bits per heavy atom. The van der Waals surface area contributed by atoms with Crippen LogP contribution in [0, 0.1) is 0 Å². The minimum atomic E-state index is 0.714. The predicted molar refractivity (Wildman–Crippen MR) is 78.2 cm³/mol. The highest BCUT2D eigenvalue weighted by Crippen LogP contribution is 2.15. The molecule has 0 radical (unpaired) electrons. The van der Waals surface area contributed by atoms with E-state index in [4.69, 9.17) is 5.73 Å². The van der Waals surface area contributed by atoms with Crippen LogP contribution in [0.15, 0.2) is 49.1 Å². The number of hydrogen-bond donors (Lipinski definition) is 1. The number of nitrogens with two attached hydrogens (primary N) is 1. The lowest BCUT2D eigenvalue weighted by Gasteiger charge is -2.09. The van der Waals surface area contributed by atoms with Gasteiger partial charge in [-0.3, -0.25) is 0 Å². The smallest absolute Gasteiger partial charge is 0.128 e. The maximum Gasteiger partial charge on any atom is 0.128 e. The first-order valence-electron chi connectivity index (χ1n) is 6.53. The van der Waals surface area contributed by atoms with Crippen LogP contribution in [0.3, 0.4) is 0 Å². The molecule has 0 saturated carbocycles. The van der Waals surface area contributed by atoms with Crippen LogP contribution < -0.4 is 5.73 Å². The van der Waals surface area contributed by atoms with Crippen molar-refractivity contribution < 1.29 is 0 Å². The third kappa shape index (κ3) is 2.42. The SMILES string of the molecule is Cn1ccnc1Cn1ccnc1Cc1ccccc1N. The molecule has 3 rings (SSSR count). The van der Waals surface area contributed by atoms with Crippen LogP contribution in [-0.4, -0.2) is 19.1 Å². The Kier molecular flexibility index (Phi) is 3.25. The number of nitrogen functional groups attached to an aromatic ring is 1. The Bertz CT molecular complexity index is 710. The molecule has 0 unspecified atom stereocenters. The Morgan fingerprint density at radius 3 is 2.55 bits per heavy atom. The number of aryl methyl sites for hydroxylation is 1. The van der Waals surface area contributed by atoms with Crippen molar-refractivity contribution in [2.24, 2.45) is 7.05 Å². The molecule has 0 aliphatic carbocycles. The number of para-hydroxylation sites is 1. The molecule has 2 heterocycles. The molecule has 0 saturated heterocycles. The van der Waals surface area contributed by atoms with E-state index in [9.17, 15) is 0 Å². The van der Waals surface area contributed by atoms with Gasteiger partial charge in [0, 0.05) is 43.9 Å². The summed E-state index contributed by atoms with van der Waals surface area (Å²) in [6.45, 7) is 0.714. The summed E-state index contributed by atoms with van der Waals surface area (Å²) < 4.78 is 4.12. The van der Waals surface area contributed by atoms with Crippen molar-refractivity contribution >= 4 is 5.69 Å². The van der Waals surface area contributed by atoms with E-state index in [-0.39, 0.29) is 0 Å². The molecule has 2 N–H and O–H groups in total. The van der Waals surface area contributed by atoms with Gasteiger partial charge in [-0.1, -0.05) is 18.2 Å². The molecule has 20 heavy (non-hydrogen) atoms. The van der Waals surface area contributed by atoms with E-state index < -0.39 is 0 Å². The number of aromatic nitrogens is 4. The van der Waals surface area contributed by atoms with Gasteiger partial charge in [-0.05, 0) is 11.6 Å². The lowest BCUT2D eigenvalue weighted by Crippen LogP contribution is -2.09. The zero-order valence-corrected chi connectivity index (χ0v) is 11.4. The van der Waals surface area contributed by atoms with E-state index in [0.29, 0.717) is 6.54 Å². The van der Waals surface area contributed by atoms with E-state index in [0.717, 1.165) is 29.3 Å². The topological polar surface area (TPSA) is 61.7 Å². The molecule has 0 bridgehead atoms. The summed E-state index contributed by atoms with van der Waals surface area (Å²) in [6, 6.07) is 7.90. The number of hydrogen-bond acceptors (Lipinski definition) is 3. The molecule has 0 spiro atoms. The van der Waals surface area contributed by atoms with Gasteiger partial charge in [-0.15, -0.1) is 0 Å². The number of anilines is 1. The molecular weight excluding hydrogens is 250 g/mol. The second-order valence-corrected chi connectivity index (χ2v) is 4.80. The molecule has 0 atom stereocenters. The van der Waals surface area contributed by atoms with E-state index >= 15 is 0 Å². The number of imidazole rings is 2. The molecule has 0 aliphatic heterocycles. The highest BCUT2D eigenvalue weighted by molar-refractivity contribution is 5.47. The third-order valence-corrected chi connectivity index (χ3v) is 3.44. The van der Waals surface area contributed by atoms with E-state index in [2.05, 4.69) is 14.5 Å². The van der Waals surface area contributed by atoms with Crippen LogP contribution in [0.1, 0.15) is 17.2 Å². The number of benzene rings is 1. The highest BCUT2D eigenvalue weighted by atomic mass is 15.1. The first-order chi connectivity index (χ1) is 9.74. The fraction of sp³-hybridized carbons (Fsp3) is 0.200. The molecule has 5 nitrogen and oxygen atoms in total. The standard InChI is InChI=1S/C15H17N5/c1-19-8-6-18-15(19)11-20-9-7-17-14(20)10-12-4-2-3-5-13(12)16/h2-9H,10-11,16H2,1H3. The molecule has 1 aromatic carbocycles. The average molecular weight is 267 g/mol. The maximum absolute atomic E-state index is 5.99. The minimum absolute atomic E-state index is 0.714. The quantitative estimate of drug-likeness (QED) is 0.734. The average Bonchev–Trinajstić information content (AvgIpc) is 3.04. The van der Waals surface area contributed by atoms with Gasteiger partial charge in [0.15, 0.2) is 0 Å². The van der Waals surface area contributed by atoms with Gasteiger partial charge < -0.3 is 14.9 Å². The zero-order valence-electron chi connectivity index (χ0n) is 11.4. The van der Waals surface area contributed by atoms with Crippen LogP contribution in [-0.2, 0) is 20.0 Å². The number of nitrogens with zero attached hydrogens (tertiary/aromatic N) is 4. The van der Waals surface area contributed by atoms with E-state index in [1.165, 1.54) is 0 Å². The second-order valence-electron chi connectivity index (χ2n) is 4.80. The Morgan fingerprint density at radius 2 is 1.80 bits per heavy atom. The predicted octanol–water partition coefficient (Wildman–Crippen LogP) is 1.84. The van der Waals surface area contributed by atoms with Gasteiger partial charge in [0.1, 0.15) is 11.6 Å². The fourth-order valence-electron chi connectivity index (χ4n) is 2.22. The molecule has 2 aromatic heterocycles. The Labute approximate surface area is 117 Å². The molecule has 0 aliphatic rings. The zero-order chi connectivity index (χ0) is 13.9. The molecule has 0 amide bonds. The summed E-state index contributed by atoms with van der Waals surface area (Å²) >= 11 is 0. The summed E-state index contributed by atoms with van der Waals surface area (Å²) in [5.74, 6) is 2.00. The van der Waals surface area contributed by atoms with Crippen molar-refractivity contribution in [1.29, 1.82) is 0 Å². The van der Waals surface area contributed by atoms with Gasteiger partial charge in [0.25, 0.3) is 0 Å². The fourth-order valence-corrected chi connectivity index (χ4v) is 2.22. The molecule has 0 fully saturated rings. The van der Waals surface area contributed by atoms with Gasteiger partial charge in [-0.25, -0.2) is 9.97 Å². The van der Waals surface area contributed by atoms with Crippen LogP contribution in [0.25, 0.3) is 0 Å². The molecule has 3 aromatic rings. The monoisotopic (exact) mass is 267 g/mol. The first-order valence-corrected chi connectivity index (χ1v) is 6.53. The van der Waals surface area contributed by atoms with Crippen molar-refractivity contribution in [1.82, 2.24) is 19.1 Å². The van der Waals surface area contributed by atoms with Gasteiger partial charge in [0.2, 0.25) is 0 Å². The van der Waals surface area contributed by atoms with Gasteiger partial charge >= 0.3 is 0 Å². The van der Waals surface area contributed by atoms with Crippen molar-refractivity contribution in [3.05, 3.63) is 66.3 Å². The lowest BCUT2D eigenvalue weighted by atomic mass is 10.1. The lowest BCUT2D eigenvalue weighted by molar-refractivity contribution is 0.671. The third-order valence-electron chi connectivity index (χ3n) is 3.44. The van der Waals surface area contributed by atoms with Crippen molar-refractivity contribution in [2.45, 2.75) is 13.0 Å². The van der Waals surface area contributed by atoms with Crippen LogP contribution in [0.5, 0.6) is 0 Å². The van der Waals surface area contributed by atoms with Crippen molar-refractivity contribution in [3.8, 4) is 0 Å². The maximum atomic E-state index is 5.99. The van der Waals surface area contributed by atoms with Crippen LogP contribution >= 0.6 is 0 Å². The van der Waals surface area contributed by atoms with E-state index in [1.807, 2.05) is 54.5 Å². The summed E-state index contributed by atoms with van der Waals surface area (Å²) in [5, 5.41) is 0. The minimum Gasteiger partial charge on any atom is -0.398 e. The molecule has 5 heteroatoms. The number of rotatable bonds is 4. The molecule has 102 valence electrons. The summed E-state index contributed by atoms with van der Waals surface area (Å²) in [7, 11) is 1.99. The normalized spacial score (nSPS) is 10.8. The van der Waals surface area contributed by atoms with Crippen molar-refractivity contribution in [3.63, 3.8) is 0 Å². The van der Waals surface area contributed by atoms with E-state index in [1.54, 1.807) is 6.20 Å². The van der Waals surface area contributed by atoms with Gasteiger partial charge in [0.05, 0.1) is 6.54 Å². The summed E-state index contributed by atoms with van der Waals surface area (Å²) in [6.07, 6.45) is 8.27. The Balaban J connectivity index is 1.84. The van der Waals surface area contributed by atoms with Gasteiger partial charge in [-0.2, -0.15) is 0 Å². The van der Waals surface area contributed by atoms with Crippen LogP contribution in [0.4, 0.5) is 5.69 Å². The van der Waals surface area contributed by atoms with Crippen molar-refractivity contribution in [2.75, 3.05) is 5.73 Å².